The van der Waals surface area contributed by atoms with Gasteiger partial charge in [0.2, 0.25) is 10.0 Å². The van der Waals surface area contributed by atoms with E-state index in [1.54, 1.807) is 25.2 Å². The van der Waals surface area contributed by atoms with Crippen LogP contribution in [0.5, 0.6) is 0 Å². The van der Waals surface area contributed by atoms with Crippen molar-refractivity contribution in [3.05, 3.63) is 29.8 Å². The maximum absolute atomic E-state index is 12.7. The molecule has 0 bridgehead atoms. The first kappa shape index (κ1) is 16.7. The number of hydrogen-bond acceptors (Lipinski definition) is 3. The summed E-state index contributed by atoms with van der Waals surface area (Å²) in [4.78, 5) is 2.67. The van der Waals surface area contributed by atoms with Gasteiger partial charge in [0, 0.05) is 25.5 Å². The van der Waals surface area contributed by atoms with E-state index < -0.39 is 10.0 Å². The molecule has 21 heavy (non-hydrogen) atoms. The zero-order valence-corrected chi connectivity index (χ0v) is 14.2. The van der Waals surface area contributed by atoms with Gasteiger partial charge in [-0.05, 0) is 37.6 Å². The number of likely N-dealkylation sites (tertiary alicyclic amines) is 1. The summed E-state index contributed by atoms with van der Waals surface area (Å²) in [6.45, 7) is 4.69. The molecule has 1 fully saturated rings. The maximum Gasteiger partial charge on any atom is 0.243 e. The Morgan fingerprint density at radius 2 is 2.10 bits per heavy atom. The van der Waals surface area contributed by atoms with Gasteiger partial charge in [-0.15, -0.1) is 11.6 Å². The molecule has 1 aromatic carbocycles. The highest BCUT2D eigenvalue weighted by Gasteiger charge is 2.30. The second-order valence-electron chi connectivity index (χ2n) is 5.45. The summed E-state index contributed by atoms with van der Waals surface area (Å²) < 4.78 is 27.0. The fraction of sp³-hybridized carbons (Fsp3) is 0.600. The quantitative estimate of drug-likeness (QED) is 0.753. The van der Waals surface area contributed by atoms with Crippen LogP contribution in [0.2, 0.25) is 0 Å². The second-order valence-corrected chi connectivity index (χ2v) is 7.73. The molecule has 4 nitrogen and oxygen atoms in total. The van der Waals surface area contributed by atoms with Crippen LogP contribution in [0.25, 0.3) is 0 Å². The largest absolute Gasteiger partial charge is 0.299 e. The molecule has 2 rings (SSSR count). The number of hydrogen-bond donors (Lipinski definition) is 0. The van der Waals surface area contributed by atoms with Crippen LogP contribution in [-0.2, 0) is 15.9 Å². The Morgan fingerprint density at radius 3 is 2.76 bits per heavy atom. The minimum absolute atomic E-state index is 0.202. The average molecular weight is 331 g/mol. The predicted octanol–water partition coefficient (Wildman–Crippen LogP) is 2.53. The zero-order chi connectivity index (χ0) is 15.5. The Hall–Kier alpha value is -0.620. The molecule has 1 atom stereocenters. The van der Waals surface area contributed by atoms with Crippen molar-refractivity contribution >= 4 is 21.6 Å². The second kappa shape index (κ2) is 7.09. The molecule has 1 aliphatic rings. The van der Waals surface area contributed by atoms with Gasteiger partial charge in [0.15, 0.2) is 0 Å². The summed E-state index contributed by atoms with van der Waals surface area (Å²) in [6.07, 6.45) is 2.20. The first-order valence-corrected chi connectivity index (χ1v) is 9.32. The number of nitrogens with zero attached hydrogens (tertiary/aromatic N) is 2. The third-order valence-electron chi connectivity index (χ3n) is 4.18. The van der Waals surface area contributed by atoms with Crippen molar-refractivity contribution in [2.75, 3.05) is 26.7 Å². The molecule has 0 aliphatic carbocycles. The van der Waals surface area contributed by atoms with E-state index in [9.17, 15) is 8.42 Å². The lowest BCUT2D eigenvalue weighted by atomic mass is 10.2. The standard InChI is InChI=1S/C15H23ClN2O2S/c1-3-18-10-6-8-14(18)12-17(2)21(19,20)15-9-5-4-7-13(15)11-16/h4-5,7,9,14H,3,6,8,10-12H2,1-2H3. The van der Waals surface area contributed by atoms with E-state index in [4.69, 9.17) is 11.6 Å². The van der Waals surface area contributed by atoms with Gasteiger partial charge in [0.1, 0.15) is 0 Å². The summed E-state index contributed by atoms with van der Waals surface area (Å²) in [6, 6.07) is 7.27. The highest BCUT2D eigenvalue weighted by molar-refractivity contribution is 7.89. The van der Waals surface area contributed by atoms with E-state index in [0.717, 1.165) is 25.9 Å². The fourth-order valence-corrected chi connectivity index (χ4v) is 4.69. The van der Waals surface area contributed by atoms with Gasteiger partial charge in [-0.25, -0.2) is 8.42 Å². The first-order chi connectivity index (χ1) is 10.0. The number of benzene rings is 1. The van der Waals surface area contributed by atoms with E-state index in [2.05, 4.69) is 11.8 Å². The number of halogens is 1. The van der Waals surface area contributed by atoms with Crippen molar-refractivity contribution in [3.8, 4) is 0 Å². The van der Waals surface area contributed by atoms with Crippen LogP contribution in [0.3, 0.4) is 0 Å². The number of alkyl halides is 1. The lowest BCUT2D eigenvalue weighted by molar-refractivity contribution is 0.237. The zero-order valence-electron chi connectivity index (χ0n) is 12.6. The third kappa shape index (κ3) is 3.59. The fourth-order valence-electron chi connectivity index (χ4n) is 2.95. The monoisotopic (exact) mass is 330 g/mol. The Balaban J connectivity index is 2.19. The van der Waals surface area contributed by atoms with Crippen molar-refractivity contribution in [3.63, 3.8) is 0 Å². The smallest absolute Gasteiger partial charge is 0.243 e. The molecule has 0 aromatic heterocycles. The summed E-state index contributed by atoms with van der Waals surface area (Å²) in [5.74, 6) is 0.202. The minimum atomic E-state index is -3.48. The molecule has 1 aromatic rings. The SMILES string of the molecule is CCN1CCCC1CN(C)S(=O)(=O)c1ccccc1CCl. The van der Waals surface area contributed by atoms with Crippen molar-refractivity contribution in [2.24, 2.45) is 0 Å². The van der Waals surface area contributed by atoms with Gasteiger partial charge in [-0.3, -0.25) is 4.90 Å². The van der Waals surface area contributed by atoms with Crippen LogP contribution >= 0.6 is 11.6 Å². The molecule has 0 N–H and O–H groups in total. The average Bonchev–Trinajstić information content (AvgIpc) is 2.94. The first-order valence-electron chi connectivity index (χ1n) is 7.35. The summed E-state index contributed by atoms with van der Waals surface area (Å²) in [7, 11) is -1.82. The van der Waals surface area contributed by atoms with Gasteiger partial charge in [-0.1, -0.05) is 25.1 Å². The van der Waals surface area contributed by atoms with E-state index in [-0.39, 0.29) is 5.88 Å². The highest BCUT2D eigenvalue weighted by Crippen LogP contribution is 2.23. The van der Waals surface area contributed by atoms with Crippen molar-refractivity contribution in [2.45, 2.75) is 36.6 Å². The summed E-state index contributed by atoms with van der Waals surface area (Å²) in [5.41, 5.74) is 0.657. The topological polar surface area (TPSA) is 40.6 Å². The molecular weight excluding hydrogens is 308 g/mol. The third-order valence-corrected chi connectivity index (χ3v) is 6.39. The van der Waals surface area contributed by atoms with Crippen LogP contribution in [-0.4, -0.2) is 50.3 Å². The molecule has 1 heterocycles. The van der Waals surface area contributed by atoms with Crippen molar-refractivity contribution in [1.29, 1.82) is 0 Å². The molecule has 0 radical (unpaired) electrons. The lowest BCUT2D eigenvalue weighted by Crippen LogP contribution is -2.41. The van der Waals surface area contributed by atoms with Crippen molar-refractivity contribution in [1.82, 2.24) is 9.21 Å². The van der Waals surface area contributed by atoms with Gasteiger partial charge < -0.3 is 0 Å². The van der Waals surface area contributed by atoms with Crippen LogP contribution in [0.4, 0.5) is 0 Å². The van der Waals surface area contributed by atoms with E-state index in [1.165, 1.54) is 4.31 Å². The van der Waals surface area contributed by atoms with Gasteiger partial charge in [0.05, 0.1) is 4.90 Å². The minimum Gasteiger partial charge on any atom is -0.299 e. The Morgan fingerprint density at radius 1 is 1.38 bits per heavy atom. The van der Waals surface area contributed by atoms with Gasteiger partial charge >= 0.3 is 0 Å². The normalized spacial score (nSPS) is 20.3. The van der Waals surface area contributed by atoms with Crippen LogP contribution in [0, 0.1) is 0 Å². The molecule has 0 amide bonds. The lowest BCUT2D eigenvalue weighted by Gasteiger charge is -2.27. The Bertz CT molecular complexity index is 577. The van der Waals surface area contributed by atoms with Crippen molar-refractivity contribution < 1.29 is 8.42 Å². The number of likely N-dealkylation sites (N-methyl/N-ethyl adjacent to an activating group) is 2. The van der Waals surface area contributed by atoms with E-state index in [0.29, 0.717) is 23.0 Å². The van der Waals surface area contributed by atoms with E-state index >= 15 is 0 Å². The highest BCUT2D eigenvalue weighted by atomic mass is 35.5. The van der Waals surface area contributed by atoms with Crippen LogP contribution in [0.15, 0.2) is 29.2 Å². The van der Waals surface area contributed by atoms with Crippen LogP contribution in [0.1, 0.15) is 25.3 Å². The maximum atomic E-state index is 12.7. The molecule has 0 spiro atoms. The molecule has 0 saturated carbocycles. The van der Waals surface area contributed by atoms with E-state index in [1.807, 2.05) is 6.07 Å². The molecule has 118 valence electrons. The number of sulfonamides is 1. The molecule has 1 aliphatic heterocycles. The van der Waals surface area contributed by atoms with Gasteiger partial charge in [0.25, 0.3) is 0 Å². The molecular formula is C15H23ClN2O2S. The molecule has 1 unspecified atom stereocenters. The van der Waals surface area contributed by atoms with Gasteiger partial charge in [-0.2, -0.15) is 4.31 Å². The predicted molar refractivity (Wildman–Crippen MR) is 86.1 cm³/mol. The Kier molecular flexibility index (Phi) is 5.66. The molecule has 1 saturated heterocycles. The molecule has 6 heteroatoms. The van der Waals surface area contributed by atoms with Crippen LogP contribution < -0.4 is 0 Å². The number of rotatable bonds is 6. The summed E-state index contributed by atoms with van der Waals surface area (Å²) >= 11 is 5.87. The summed E-state index contributed by atoms with van der Waals surface area (Å²) in [5, 5.41) is 0. The Labute approximate surface area is 132 Å².